The van der Waals surface area contributed by atoms with E-state index in [-0.39, 0.29) is 0 Å². The van der Waals surface area contributed by atoms with Gasteiger partial charge in [0.25, 0.3) is 6.43 Å². The molecule has 0 aliphatic rings. The lowest BCUT2D eigenvalue weighted by atomic mass is 10.0. The Morgan fingerprint density at radius 3 is 2.50 bits per heavy atom. The zero-order valence-electron chi connectivity index (χ0n) is 9.53. The summed E-state index contributed by atoms with van der Waals surface area (Å²) in [4.78, 5) is 3.91. The maximum atomic E-state index is 13.2. The molecule has 1 aromatic carbocycles. The molecule has 0 aliphatic heterocycles. The lowest BCUT2D eigenvalue weighted by molar-refractivity contribution is 0.146. The molecule has 5 heteroatoms. The van der Waals surface area contributed by atoms with Crippen LogP contribution in [-0.4, -0.2) is 12.1 Å². The van der Waals surface area contributed by atoms with Crippen molar-refractivity contribution in [1.29, 1.82) is 0 Å². The van der Waals surface area contributed by atoms with Gasteiger partial charge in [0.05, 0.1) is 12.7 Å². The Bertz CT molecular complexity index is 558. The molecule has 1 heterocycles. The summed E-state index contributed by atoms with van der Waals surface area (Å²) >= 11 is 0. The third kappa shape index (κ3) is 2.45. The van der Waals surface area contributed by atoms with Gasteiger partial charge in [-0.05, 0) is 29.3 Å². The molecule has 0 bridgehead atoms. The van der Waals surface area contributed by atoms with E-state index >= 15 is 0 Å². The van der Waals surface area contributed by atoms with Crippen molar-refractivity contribution in [3.63, 3.8) is 0 Å². The predicted molar refractivity (Wildman–Crippen MR) is 61.1 cm³/mol. The van der Waals surface area contributed by atoms with Crippen molar-refractivity contribution in [3.05, 3.63) is 47.9 Å². The molecule has 0 spiro atoms. The van der Waals surface area contributed by atoms with Gasteiger partial charge in [0.1, 0.15) is 5.82 Å². The number of ether oxygens (including phenoxy) is 1. The van der Waals surface area contributed by atoms with Gasteiger partial charge in [0.15, 0.2) is 0 Å². The fourth-order valence-electron chi connectivity index (χ4n) is 1.59. The van der Waals surface area contributed by atoms with Gasteiger partial charge in [0, 0.05) is 12.3 Å². The first kappa shape index (κ1) is 12.4. The zero-order chi connectivity index (χ0) is 13.1. The molecule has 2 rings (SSSR count). The third-order valence-corrected chi connectivity index (χ3v) is 2.51. The Morgan fingerprint density at radius 2 is 1.83 bits per heavy atom. The highest BCUT2D eigenvalue weighted by atomic mass is 19.3. The molecule has 0 N–H and O–H groups in total. The van der Waals surface area contributed by atoms with Crippen molar-refractivity contribution >= 4 is 0 Å². The molecular weight excluding hydrogens is 243 g/mol. The fourth-order valence-corrected chi connectivity index (χ4v) is 1.59. The molecule has 0 saturated carbocycles. The molecule has 0 saturated heterocycles. The van der Waals surface area contributed by atoms with Crippen LogP contribution in [0.25, 0.3) is 11.1 Å². The van der Waals surface area contributed by atoms with Gasteiger partial charge in [-0.25, -0.2) is 18.2 Å². The van der Waals surface area contributed by atoms with Gasteiger partial charge in [0.2, 0.25) is 5.88 Å². The minimum Gasteiger partial charge on any atom is -0.481 e. The van der Waals surface area contributed by atoms with Crippen LogP contribution in [0.4, 0.5) is 13.2 Å². The molecule has 94 valence electrons. The first-order valence-electron chi connectivity index (χ1n) is 5.20. The number of rotatable bonds is 3. The van der Waals surface area contributed by atoms with E-state index in [2.05, 4.69) is 4.98 Å². The van der Waals surface area contributed by atoms with E-state index in [4.69, 9.17) is 4.74 Å². The third-order valence-electron chi connectivity index (χ3n) is 2.51. The number of methoxy groups -OCH3 is 1. The smallest absolute Gasteiger partial charge is 0.266 e. The molecule has 1 aromatic heterocycles. The number of aromatic nitrogens is 1. The van der Waals surface area contributed by atoms with E-state index in [1.54, 1.807) is 12.1 Å². The molecule has 0 unspecified atom stereocenters. The number of halogens is 3. The molecule has 0 atom stereocenters. The Kier molecular flexibility index (Phi) is 3.50. The minimum absolute atomic E-state index is 0.371. The summed E-state index contributed by atoms with van der Waals surface area (Å²) in [5.41, 5.74) is 0.527. The van der Waals surface area contributed by atoms with Crippen LogP contribution in [0.15, 0.2) is 36.5 Å². The summed E-state index contributed by atoms with van der Waals surface area (Å²) in [5, 5.41) is 0. The molecule has 0 amide bonds. The van der Waals surface area contributed by atoms with Crippen molar-refractivity contribution < 1.29 is 17.9 Å². The van der Waals surface area contributed by atoms with Crippen LogP contribution in [0.2, 0.25) is 0 Å². The van der Waals surface area contributed by atoms with Crippen LogP contribution in [0.3, 0.4) is 0 Å². The van der Waals surface area contributed by atoms with E-state index in [9.17, 15) is 13.2 Å². The number of hydrogen-bond acceptors (Lipinski definition) is 2. The van der Waals surface area contributed by atoms with E-state index in [0.29, 0.717) is 17.0 Å². The second-order valence-electron chi connectivity index (χ2n) is 3.62. The number of benzene rings is 1. The summed E-state index contributed by atoms with van der Waals surface area (Å²) in [5.74, 6) is -0.537. The quantitative estimate of drug-likeness (QED) is 0.829. The van der Waals surface area contributed by atoms with E-state index in [0.717, 1.165) is 12.1 Å². The first-order valence-corrected chi connectivity index (χ1v) is 5.20. The largest absolute Gasteiger partial charge is 0.481 e. The van der Waals surface area contributed by atoms with Crippen LogP contribution < -0.4 is 4.74 Å². The van der Waals surface area contributed by atoms with Crippen LogP contribution in [0.5, 0.6) is 5.88 Å². The first-order chi connectivity index (χ1) is 8.61. The molecule has 0 fully saturated rings. The maximum absolute atomic E-state index is 13.2. The summed E-state index contributed by atoms with van der Waals surface area (Å²) in [7, 11) is 1.46. The van der Waals surface area contributed by atoms with Gasteiger partial charge < -0.3 is 4.74 Å². The van der Waals surface area contributed by atoms with Gasteiger partial charge in [-0.2, -0.15) is 0 Å². The van der Waals surface area contributed by atoms with Crippen molar-refractivity contribution in [3.8, 4) is 17.0 Å². The van der Waals surface area contributed by atoms with Crippen LogP contribution in [0, 0.1) is 5.82 Å². The number of hydrogen-bond donors (Lipinski definition) is 0. The van der Waals surface area contributed by atoms with E-state index in [1.165, 1.54) is 19.4 Å². The summed E-state index contributed by atoms with van der Waals surface area (Å²) in [6.45, 7) is 0. The zero-order valence-corrected chi connectivity index (χ0v) is 9.53. The van der Waals surface area contributed by atoms with Gasteiger partial charge in [-0.1, -0.05) is 6.07 Å². The van der Waals surface area contributed by atoms with Gasteiger partial charge in [-0.3, -0.25) is 0 Å². The van der Waals surface area contributed by atoms with Gasteiger partial charge in [-0.15, -0.1) is 0 Å². The Hall–Kier alpha value is -2.04. The van der Waals surface area contributed by atoms with Crippen molar-refractivity contribution in [2.45, 2.75) is 6.43 Å². The van der Waals surface area contributed by atoms with Crippen LogP contribution >= 0.6 is 0 Å². The van der Waals surface area contributed by atoms with E-state index < -0.39 is 17.8 Å². The predicted octanol–water partition coefficient (Wildman–Crippen LogP) is 3.83. The lowest BCUT2D eigenvalue weighted by Crippen LogP contribution is -1.92. The van der Waals surface area contributed by atoms with Crippen LogP contribution in [0.1, 0.15) is 12.0 Å². The molecular formula is C13H10F3NO. The number of pyridine rings is 1. The second kappa shape index (κ2) is 5.08. The molecule has 2 nitrogen and oxygen atoms in total. The summed E-state index contributed by atoms with van der Waals surface area (Å²) in [6.07, 6.45) is -1.34. The number of nitrogens with zero attached hydrogens (tertiary/aromatic N) is 1. The van der Waals surface area contributed by atoms with Gasteiger partial charge >= 0.3 is 0 Å². The average Bonchev–Trinajstić information content (AvgIpc) is 2.39. The Balaban J connectivity index is 2.47. The van der Waals surface area contributed by atoms with Crippen molar-refractivity contribution in [1.82, 2.24) is 4.98 Å². The highest BCUT2D eigenvalue weighted by molar-refractivity contribution is 5.65. The van der Waals surface area contributed by atoms with E-state index in [1.807, 2.05) is 0 Å². The fraction of sp³-hybridized carbons (Fsp3) is 0.154. The summed E-state index contributed by atoms with van der Waals surface area (Å²) < 4.78 is 43.3. The maximum Gasteiger partial charge on any atom is 0.266 e. The average molecular weight is 253 g/mol. The molecule has 2 aromatic rings. The minimum atomic E-state index is -2.84. The standard InChI is InChI=1S/C13H10F3NO/c1-18-12-7-9(4-5-17-12)8-2-3-11(14)10(6-8)13(15)16/h2-7,13H,1H3. The normalized spacial score (nSPS) is 10.7. The topological polar surface area (TPSA) is 22.1 Å². The molecule has 0 radical (unpaired) electrons. The second-order valence-corrected chi connectivity index (χ2v) is 3.62. The highest BCUT2D eigenvalue weighted by Gasteiger charge is 2.14. The number of alkyl halides is 2. The lowest BCUT2D eigenvalue weighted by Gasteiger charge is -2.07. The van der Waals surface area contributed by atoms with Crippen molar-refractivity contribution in [2.75, 3.05) is 7.11 Å². The van der Waals surface area contributed by atoms with Crippen molar-refractivity contribution in [2.24, 2.45) is 0 Å². The SMILES string of the molecule is COc1cc(-c2ccc(F)c(C(F)F)c2)ccn1. The highest BCUT2D eigenvalue weighted by Crippen LogP contribution is 2.28. The van der Waals surface area contributed by atoms with Crippen LogP contribution in [-0.2, 0) is 0 Å². The molecule has 0 aliphatic carbocycles. The Morgan fingerprint density at radius 1 is 1.11 bits per heavy atom. The Labute approximate surface area is 102 Å². The summed E-state index contributed by atoms with van der Waals surface area (Å²) in [6, 6.07) is 6.85. The monoisotopic (exact) mass is 253 g/mol. The molecule has 18 heavy (non-hydrogen) atoms.